The fourth-order valence-electron chi connectivity index (χ4n) is 3.57. The van der Waals surface area contributed by atoms with E-state index in [-0.39, 0.29) is 12.1 Å². The number of amides is 2. The summed E-state index contributed by atoms with van der Waals surface area (Å²) >= 11 is 0. The van der Waals surface area contributed by atoms with E-state index in [4.69, 9.17) is 4.74 Å². The number of benzene rings is 2. The van der Waals surface area contributed by atoms with Crippen molar-refractivity contribution in [2.45, 2.75) is 26.4 Å². The number of aryl methyl sites for hydroxylation is 1. The normalized spacial score (nSPS) is 15.0. The van der Waals surface area contributed by atoms with Gasteiger partial charge in [-0.05, 0) is 32.0 Å². The zero-order valence-corrected chi connectivity index (χ0v) is 16.3. The van der Waals surface area contributed by atoms with Gasteiger partial charge in [-0.3, -0.25) is 0 Å². The number of para-hydroxylation sites is 2. The molecular weight excluding hydrogens is 352 g/mol. The monoisotopic (exact) mass is 376 g/mol. The number of nitrogens with zero attached hydrogens (tertiary/aromatic N) is 3. The van der Waals surface area contributed by atoms with Gasteiger partial charge in [0.15, 0.2) is 0 Å². The average Bonchev–Trinajstić information content (AvgIpc) is 3.24. The molecule has 0 radical (unpaired) electrons. The number of ether oxygens (including phenoxy) is 1. The van der Waals surface area contributed by atoms with E-state index in [2.05, 4.69) is 10.4 Å². The van der Waals surface area contributed by atoms with Crippen LogP contribution in [0.5, 0.6) is 5.75 Å². The number of carbonyl (C=O) groups is 1. The molecule has 28 heavy (non-hydrogen) atoms. The predicted molar refractivity (Wildman–Crippen MR) is 108 cm³/mol. The summed E-state index contributed by atoms with van der Waals surface area (Å²) in [6.45, 7) is 4.97. The summed E-state index contributed by atoms with van der Waals surface area (Å²) in [5.41, 5.74) is 5.06. The molecule has 0 aliphatic carbocycles. The Morgan fingerprint density at radius 3 is 2.68 bits per heavy atom. The highest BCUT2D eigenvalue weighted by molar-refractivity contribution is 5.75. The van der Waals surface area contributed by atoms with Crippen molar-refractivity contribution in [3.8, 4) is 11.4 Å². The number of hydrogen-bond donors (Lipinski definition) is 1. The molecule has 0 unspecified atom stereocenters. The van der Waals surface area contributed by atoms with Gasteiger partial charge in [0.25, 0.3) is 0 Å². The first-order chi connectivity index (χ1) is 13.5. The maximum Gasteiger partial charge on any atom is 0.318 e. The van der Waals surface area contributed by atoms with Crippen LogP contribution in [0.1, 0.15) is 28.6 Å². The lowest BCUT2D eigenvalue weighted by molar-refractivity contribution is 0.198. The number of nitrogens with one attached hydrogen (secondary N) is 1. The van der Waals surface area contributed by atoms with Crippen LogP contribution in [-0.2, 0) is 6.54 Å². The second kappa shape index (κ2) is 7.38. The molecule has 1 atom stereocenters. The molecule has 6 nitrogen and oxygen atoms in total. The number of urea groups is 1. The van der Waals surface area contributed by atoms with E-state index in [1.54, 1.807) is 11.9 Å². The minimum atomic E-state index is -0.128. The quantitative estimate of drug-likeness (QED) is 0.754. The molecule has 0 bridgehead atoms. The van der Waals surface area contributed by atoms with Gasteiger partial charge in [-0.2, -0.15) is 5.10 Å². The predicted octanol–water partition coefficient (Wildman–Crippen LogP) is 3.76. The maximum absolute atomic E-state index is 12.7. The summed E-state index contributed by atoms with van der Waals surface area (Å²) in [4.78, 5) is 14.4. The van der Waals surface area contributed by atoms with E-state index >= 15 is 0 Å². The van der Waals surface area contributed by atoms with Crippen molar-refractivity contribution < 1.29 is 9.53 Å². The largest absolute Gasteiger partial charge is 0.491 e. The van der Waals surface area contributed by atoms with Crippen molar-refractivity contribution >= 4 is 6.03 Å². The molecule has 0 saturated heterocycles. The SMILES string of the molecule is Cc1nn(-c2ccccc2)c(C)c1CN(C)C(=O)N[C@@H]1COc2ccccc21. The van der Waals surface area contributed by atoms with Crippen LogP contribution in [0.4, 0.5) is 4.79 Å². The van der Waals surface area contributed by atoms with Crippen molar-refractivity contribution in [2.75, 3.05) is 13.7 Å². The third-order valence-corrected chi connectivity index (χ3v) is 5.18. The summed E-state index contributed by atoms with van der Waals surface area (Å²) in [5, 5.41) is 7.73. The third-order valence-electron chi connectivity index (χ3n) is 5.18. The number of aromatic nitrogens is 2. The topological polar surface area (TPSA) is 59.4 Å². The molecule has 3 aromatic rings. The van der Waals surface area contributed by atoms with Crippen molar-refractivity contribution in [1.29, 1.82) is 0 Å². The molecule has 4 rings (SSSR count). The highest BCUT2D eigenvalue weighted by Gasteiger charge is 2.26. The van der Waals surface area contributed by atoms with E-state index in [1.807, 2.05) is 73.1 Å². The van der Waals surface area contributed by atoms with E-state index in [0.717, 1.165) is 34.0 Å². The van der Waals surface area contributed by atoms with Crippen LogP contribution in [0.3, 0.4) is 0 Å². The lowest BCUT2D eigenvalue weighted by Crippen LogP contribution is -2.39. The van der Waals surface area contributed by atoms with Gasteiger partial charge < -0.3 is 15.0 Å². The lowest BCUT2D eigenvalue weighted by atomic mass is 10.1. The molecule has 1 aliphatic rings. The summed E-state index contributed by atoms with van der Waals surface area (Å²) in [6.07, 6.45) is 0. The smallest absolute Gasteiger partial charge is 0.318 e. The van der Waals surface area contributed by atoms with Crippen LogP contribution in [0.25, 0.3) is 5.69 Å². The first-order valence-electron chi connectivity index (χ1n) is 9.38. The number of carbonyl (C=O) groups excluding carboxylic acids is 1. The summed E-state index contributed by atoms with van der Waals surface area (Å²) < 4.78 is 7.58. The van der Waals surface area contributed by atoms with E-state index in [9.17, 15) is 4.79 Å². The van der Waals surface area contributed by atoms with Crippen molar-refractivity contribution in [2.24, 2.45) is 0 Å². The van der Waals surface area contributed by atoms with Gasteiger partial charge in [-0.15, -0.1) is 0 Å². The maximum atomic E-state index is 12.7. The summed E-state index contributed by atoms with van der Waals surface area (Å²) in [7, 11) is 1.80. The van der Waals surface area contributed by atoms with Crippen LogP contribution in [0, 0.1) is 13.8 Å². The second-order valence-electron chi connectivity index (χ2n) is 7.10. The zero-order chi connectivity index (χ0) is 19.7. The van der Waals surface area contributed by atoms with Gasteiger partial charge in [0, 0.05) is 23.9 Å². The second-order valence-corrected chi connectivity index (χ2v) is 7.10. The molecular formula is C22H24N4O2. The minimum absolute atomic E-state index is 0.125. The van der Waals surface area contributed by atoms with E-state index < -0.39 is 0 Å². The fourth-order valence-corrected chi connectivity index (χ4v) is 3.57. The zero-order valence-electron chi connectivity index (χ0n) is 16.3. The Morgan fingerprint density at radius 2 is 1.89 bits per heavy atom. The molecule has 6 heteroatoms. The minimum Gasteiger partial charge on any atom is -0.491 e. The Hall–Kier alpha value is -3.28. The molecule has 0 spiro atoms. The van der Waals surface area contributed by atoms with Gasteiger partial charge in [0.1, 0.15) is 12.4 Å². The Labute approximate surface area is 164 Å². The molecule has 2 heterocycles. The molecule has 0 fully saturated rings. The van der Waals surface area contributed by atoms with Gasteiger partial charge in [-0.1, -0.05) is 36.4 Å². The summed E-state index contributed by atoms with van der Waals surface area (Å²) in [5.74, 6) is 0.839. The Balaban J connectivity index is 1.47. The van der Waals surface area contributed by atoms with E-state index in [0.29, 0.717) is 13.2 Å². The highest BCUT2D eigenvalue weighted by Crippen LogP contribution is 2.31. The highest BCUT2D eigenvalue weighted by atomic mass is 16.5. The van der Waals surface area contributed by atoms with Gasteiger partial charge in [0.05, 0.1) is 24.0 Å². The van der Waals surface area contributed by atoms with Gasteiger partial charge in [0.2, 0.25) is 0 Å². The standard InChI is InChI=1S/C22H24N4O2/c1-15-19(16(2)26(24-15)17-9-5-4-6-10-17)13-25(3)22(27)23-20-14-28-21-12-8-7-11-18(20)21/h4-12,20H,13-14H2,1-3H3,(H,23,27)/t20-/m1/s1. The number of fused-ring (bicyclic) bond motifs is 1. The molecule has 0 saturated carbocycles. The van der Waals surface area contributed by atoms with Crippen molar-refractivity contribution in [3.63, 3.8) is 0 Å². The molecule has 144 valence electrons. The van der Waals surface area contributed by atoms with Crippen LogP contribution in [0.2, 0.25) is 0 Å². The van der Waals surface area contributed by atoms with Crippen LogP contribution in [-0.4, -0.2) is 34.4 Å². The van der Waals surface area contributed by atoms with Crippen molar-refractivity contribution in [1.82, 2.24) is 20.0 Å². The first-order valence-corrected chi connectivity index (χ1v) is 9.38. The first kappa shape index (κ1) is 18.1. The van der Waals surface area contributed by atoms with Gasteiger partial charge in [-0.25, -0.2) is 9.48 Å². The van der Waals surface area contributed by atoms with Crippen LogP contribution < -0.4 is 10.1 Å². The Kier molecular flexibility index (Phi) is 4.77. The summed E-state index contributed by atoms with van der Waals surface area (Å²) in [6, 6.07) is 17.6. The van der Waals surface area contributed by atoms with Crippen molar-refractivity contribution in [3.05, 3.63) is 77.1 Å². The fraction of sp³-hybridized carbons (Fsp3) is 0.273. The molecule has 2 aromatic carbocycles. The third kappa shape index (κ3) is 3.33. The molecule has 1 aromatic heterocycles. The van der Waals surface area contributed by atoms with E-state index in [1.165, 1.54) is 0 Å². The van der Waals surface area contributed by atoms with Gasteiger partial charge >= 0.3 is 6.03 Å². The van der Waals surface area contributed by atoms with Crippen LogP contribution in [0.15, 0.2) is 54.6 Å². The average molecular weight is 376 g/mol. The molecule has 1 aliphatic heterocycles. The number of hydrogen-bond acceptors (Lipinski definition) is 3. The Morgan fingerprint density at radius 1 is 1.18 bits per heavy atom. The van der Waals surface area contributed by atoms with Crippen LogP contribution >= 0.6 is 0 Å². The Bertz CT molecular complexity index is 997. The number of rotatable bonds is 4. The molecule has 2 amide bonds. The molecule has 1 N–H and O–H groups in total. The lowest BCUT2D eigenvalue weighted by Gasteiger charge is -2.21.